The standard InChI is InChI=1S/C14H15ClN2O2/c15-12-3-1-2-11(14(12)19)8-17-9-13(18)10-4-6-16-7-5-10/h1-7,13,17-19H,8-9H2. The van der Waals surface area contributed by atoms with Crippen molar-refractivity contribution in [1.29, 1.82) is 0 Å². The molecule has 100 valence electrons. The van der Waals surface area contributed by atoms with E-state index in [9.17, 15) is 10.2 Å². The van der Waals surface area contributed by atoms with Crippen LogP contribution in [0.1, 0.15) is 17.2 Å². The fourth-order valence-electron chi connectivity index (χ4n) is 1.75. The summed E-state index contributed by atoms with van der Waals surface area (Å²) < 4.78 is 0. The van der Waals surface area contributed by atoms with Crippen LogP contribution >= 0.6 is 11.6 Å². The number of pyridine rings is 1. The molecule has 0 amide bonds. The lowest BCUT2D eigenvalue weighted by molar-refractivity contribution is 0.174. The second kappa shape index (κ2) is 6.52. The normalized spacial score (nSPS) is 12.3. The van der Waals surface area contributed by atoms with Gasteiger partial charge in [0.05, 0.1) is 11.1 Å². The van der Waals surface area contributed by atoms with Gasteiger partial charge < -0.3 is 15.5 Å². The molecule has 0 spiro atoms. The third kappa shape index (κ3) is 3.67. The molecular formula is C14H15ClN2O2. The van der Waals surface area contributed by atoms with Crippen molar-refractivity contribution >= 4 is 11.6 Å². The molecule has 1 unspecified atom stereocenters. The van der Waals surface area contributed by atoms with Crippen molar-refractivity contribution < 1.29 is 10.2 Å². The summed E-state index contributed by atoms with van der Waals surface area (Å²) in [6.07, 6.45) is 2.67. The lowest BCUT2D eigenvalue weighted by Gasteiger charge is -2.12. The summed E-state index contributed by atoms with van der Waals surface area (Å²) in [5.74, 6) is 0.0788. The average molecular weight is 279 g/mol. The Kier molecular flexibility index (Phi) is 4.74. The minimum absolute atomic E-state index is 0.0788. The summed E-state index contributed by atoms with van der Waals surface area (Å²) in [5, 5.41) is 23.1. The van der Waals surface area contributed by atoms with Crippen molar-refractivity contribution in [3.8, 4) is 5.75 Å². The Bertz CT molecular complexity index is 534. The number of aliphatic hydroxyl groups excluding tert-OH is 1. The van der Waals surface area contributed by atoms with Gasteiger partial charge in [0.2, 0.25) is 0 Å². The Labute approximate surface area is 116 Å². The Balaban J connectivity index is 1.88. The second-order valence-electron chi connectivity index (χ2n) is 4.17. The predicted molar refractivity (Wildman–Crippen MR) is 74.0 cm³/mol. The van der Waals surface area contributed by atoms with Crippen LogP contribution in [0.4, 0.5) is 0 Å². The molecule has 1 atom stereocenters. The van der Waals surface area contributed by atoms with Crippen molar-refractivity contribution in [2.45, 2.75) is 12.6 Å². The van der Waals surface area contributed by atoms with E-state index in [1.54, 1.807) is 42.7 Å². The number of hydrogen-bond acceptors (Lipinski definition) is 4. The van der Waals surface area contributed by atoms with Gasteiger partial charge in [-0.05, 0) is 23.8 Å². The van der Waals surface area contributed by atoms with E-state index in [2.05, 4.69) is 10.3 Å². The second-order valence-corrected chi connectivity index (χ2v) is 4.58. The summed E-state index contributed by atoms with van der Waals surface area (Å²) >= 11 is 5.82. The SMILES string of the molecule is Oc1c(Cl)cccc1CNCC(O)c1ccncc1. The van der Waals surface area contributed by atoms with Crippen LogP contribution in [0.2, 0.25) is 5.02 Å². The van der Waals surface area contributed by atoms with E-state index < -0.39 is 6.10 Å². The Hall–Kier alpha value is -1.62. The van der Waals surface area contributed by atoms with Gasteiger partial charge in [0, 0.05) is 31.0 Å². The average Bonchev–Trinajstić information content (AvgIpc) is 2.44. The molecule has 0 saturated carbocycles. The van der Waals surface area contributed by atoms with E-state index in [0.29, 0.717) is 23.7 Å². The molecule has 1 heterocycles. The zero-order valence-electron chi connectivity index (χ0n) is 10.3. The maximum absolute atomic E-state index is 9.94. The smallest absolute Gasteiger partial charge is 0.138 e. The van der Waals surface area contributed by atoms with Gasteiger partial charge in [0.25, 0.3) is 0 Å². The van der Waals surface area contributed by atoms with Crippen LogP contribution in [0.25, 0.3) is 0 Å². The molecule has 19 heavy (non-hydrogen) atoms. The van der Waals surface area contributed by atoms with E-state index in [1.807, 2.05) is 0 Å². The fourth-order valence-corrected chi connectivity index (χ4v) is 1.94. The molecule has 5 heteroatoms. The first-order valence-electron chi connectivity index (χ1n) is 5.93. The van der Waals surface area contributed by atoms with Crippen molar-refractivity contribution in [3.63, 3.8) is 0 Å². The van der Waals surface area contributed by atoms with Gasteiger partial charge in [-0.3, -0.25) is 4.98 Å². The van der Waals surface area contributed by atoms with Crippen LogP contribution in [-0.4, -0.2) is 21.7 Å². The number of phenolic OH excluding ortho intramolecular Hbond substituents is 1. The van der Waals surface area contributed by atoms with Gasteiger partial charge in [-0.15, -0.1) is 0 Å². The maximum atomic E-state index is 9.94. The quantitative estimate of drug-likeness (QED) is 0.785. The largest absolute Gasteiger partial charge is 0.506 e. The molecule has 0 aliphatic rings. The summed E-state index contributed by atoms with van der Waals surface area (Å²) in [6, 6.07) is 8.73. The van der Waals surface area contributed by atoms with Crippen molar-refractivity contribution in [2.24, 2.45) is 0 Å². The summed E-state index contributed by atoms with van der Waals surface area (Å²) in [6.45, 7) is 0.824. The predicted octanol–water partition coefficient (Wildman–Crippen LogP) is 2.26. The molecule has 0 fully saturated rings. The molecule has 4 nitrogen and oxygen atoms in total. The Morgan fingerprint density at radius 1 is 1.21 bits per heavy atom. The fraction of sp³-hybridized carbons (Fsp3) is 0.214. The molecule has 0 saturated heterocycles. The van der Waals surface area contributed by atoms with E-state index in [-0.39, 0.29) is 5.75 Å². The molecule has 2 rings (SSSR count). The highest BCUT2D eigenvalue weighted by molar-refractivity contribution is 6.32. The monoisotopic (exact) mass is 278 g/mol. The molecule has 1 aromatic heterocycles. The lowest BCUT2D eigenvalue weighted by atomic mass is 10.1. The lowest BCUT2D eigenvalue weighted by Crippen LogP contribution is -2.21. The number of para-hydroxylation sites is 1. The van der Waals surface area contributed by atoms with Crippen molar-refractivity contribution in [2.75, 3.05) is 6.54 Å². The maximum Gasteiger partial charge on any atom is 0.138 e. The van der Waals surface area contributed by atoms with Crippen molar-refractivity contribution in [1.82, 2.24) is 10.3 Å². The summed E-state index contributed by atoms with van der Waals surface area (Å²) in [4.78, 5) is 3.90. The van der Waals surface area contributed by atoms with E-state index in [4.69, 9.17) is 11.6 Å². The third-order valence-corrected chi connectivity index (χ3v) is 3.12. The molecule has 2 aromatic rings. The highest BCUT2D eigenvalue weighted by Crippen LogP contribution is 2.26. The van der Waals surface area contributed by atoms with E-state index in [1.165, 1.54) is 0 Å². The van der Waals surface area contributed by atoms with Crippen LogP contribution < -0.4 is 5.32 Å². The highest BCUT2D eigenvalue weighted by atomic mass is 35.5. The molecule has 0 bridgehead atoms. The Morgan fingerprint density at radius 2 is 1.95 bits per heavy atom. The number of halogens is 1. The van der Waals surface area contributed by atoms with Gasteiger partial charge in [-0.1, -0.05) is 23.7 Å². The molecular weight excluding hydrogens is 264 g/mol. The van der Waals surface area contributed by atoms with Crippen LogP contribution in [0.5, 0.6) is 5.75 Å². The van der Waals surface area contributed by atoms with Gasteiger partial charge >= 0.3 is 0 Å². The molecule has 0 aliphatic heterocycles. The third-order valence-electron chi connectivity index (χ3n) is 2.81. The number of hydrogen-bond donors (Lipinski definition) is 3. The van der Waals surface area contributed by atoms with Gasteiger partial charge in [0.15, 0.2) is 0 Å². The number of aromatic hydroxyl groups is 1. The number of nitrogens with one attached hydrogen (secondary N) is 1. The molecule has 1 aromatic carbocycles. The highest BCUT2D eigenvalue weighted by Gasteiger charge is 2.08. The zero-order valence-corrected chi connectivity index (χ0v) is 11.0. The van der Waals surface area contributed by atoms with E-state index in [0.717, 1.165) is 5.56 Å². The summed E-state index contributed by atoms with van der Waals surface area (Å²) in [5.41, 5.74) is 1.51. The first kappa shape index (κ1) is 13.8. The van der Waals surface area contributed by atoms with Crippen LogP contribution in [-0.2, 0) is 6.54 Å². The van der Waals surface area contributed by atoms with Crippen molar-refractivity contribution in [3.05, 3.63) is 58.9 Å². The van der Waals surface area contributed by atoms with Gasteiger partial charge in [0.1, 0.15) is 5.75 Å². The minimum atomic E-state index is -0.607. The number of aliphatic hydroxyl groups is 1. The molecule has 0 aliphatic carbocycles. The van der Waals surface area contributed by atoms with Crippen LogP contribution in [0, 0.1) is 0 Å². The number of phenols is 1. The summed E-state index contributed by atoms with van der Waals surface area (Å²) in [7, 11) is 0. The van der Waals surface area contributed by atoms with E-state index >= 15 is 0 Å². The number of benzene rings is 1. The molecule has 3 N–H and O–H groups in total. The Morgan fingerprint density at radius 3 is 2.68 bits per heavy atom. The topological polar surface area (TPSA) is 65.4 Å². The van der Waals surface area contributed by atoms with Crippen LogP contribution in [0.15, 0.2) is 42.7 Å². The van der Waals surface area contributed by atoms with Crippen LogP contribution in [0.3, 0.4) is 0 Å². The van der Waals surface area contributed by atoms with Gasteiger partial charge in [-0.25, -0.2) is 0 Å². The first-order chi connectivity index (χ1) is 9.18. The zero-order chi connectivity index (χ0) is 13.7. The number of rotatable bonds is 5. The molecule has 0 radical (unpaired) electrons. The number of aromatic nitrogens is 1. The van der Waals surface area contributed by atoms with Gasteiger partial charge in [-0.2, -0.15) is 0 Å². The first-order valence-corrected chi connectivity index (χ1v) is 6.31. The number of nitrogens with zero attached hydrogens (tertiary/aromatic N) is 1. The minimum Gasteiger partial charge on any atom is -0.506 e.